The Bertz CT molecular complexity index is 423. The lowest BCUT2D eigenvalue weighted by atomic mass is 10.0. The van der Waals surface area contributed by atoms with Crippen molar-refractivity contribution in [2.75, 3.05) is 5.32 Å². The van der Waals surface area contributed by atoms with Crippen LogP contribution in [0.3, 0.4) is 0 Å². The minimum Gasteiger partial charge on any atom is -0.382 e. The van der Waals surface area contributed by atoms with Crippen LogP contribution in [0.15, 0.2) is 24.3 Å². The maximum Gasteiger partial charge on any atom is 0.416 e. The summed E-state index contributed by atoms with van der Waals surface area (Å²) in [4.78, 5) is 10.7. The lowest BCUT2D eigenvalue weighted by Crippen LogP contribution is -2.38. The molecule has 0 aliphatic heterocycles. The summed E-state index contributed by atoms with van der Waals surface area (Å²) in [6.07, 6.45) is -7.39. The fourth-order valence-electron chi connectivity index (χ4n) is 1.38. The second-order valence-electron chi connectivity index (χ2n) is 3.82. The highest BCUT2D eigenvalue weighted by Gasteiger charge is 2.42. The Morgan fingerprint density at radius 1 is 1.32 bits per heavy atom. The Kier molecular flexibility index (Phi) is 6.28. The molecular formula is C11H14ClF3N2O2. The molecule has 1 amide bonds. The minimum atomic E-state index is -4.77. The molecule has 0 aliphatic rings. The largest absolute Gasteiger partial charge is 0.416 e. The molecule has 108 valence electrons. The Hall–Kier alpha value is -1.31. The van der Waals surface area contributed by atoms with Crippen LogP contribution in [0.5, 0.6) is 0 Å². The second kappa shape index (κ2) is 6.74. The van der Waals surface area contributed by atoms with Crippen LogP contribution in [0.4, 0.5) is 18.9 Å². The molecule has 4 nitrogen and oxygen atoms in total. The summed E-state index contributed by atoms with van der Waals surface area (Å²) in [5, 5.41) is 11.5. The number of halogens is 4. The number of rotatable bonds is 3. The number of aliphatic hydroxyl groups is 1. The van der Waals surface area contributed by atoms with E-state index in [0.717, 1.165) is 0 Å². The molecule has 19 heavy (non-hydrogen) atoms. The van der Waals surface area contributed by atoms with Crippen molar-refractivity contribution in [3.05, 3.63) is 29.8 Å². The van der Waals surface area contributed by atoms with E-state index in [-0.39, 0.29) is 23.9 Å². The molecular weight excluding hydrogens is 285 g/mol. The standard InChI is InChI=1S/C11H13F3N2O2.ClH/c1-6(17)16-8-4-2-7(3-5-8)9(15)10(18)11(12,13)14;/h2-5,9-10,18H,15H2,1H3,(H,16,17);1H/t9-,10-;/m0./s1. The third kappa shape index (κ3) is 5.06. The molecule has 0 spiro atoms. The van der Waals surface area contributed by atoms with E-state index in [2.05, 4.69) is 5.32 Å². The van der Waals surface area contributed by atoms with Crippen LogP contribution < -0.4 is 11.1 Å². The zero-order valence-electron chi connectivity index (χ0n) is 9.94. The number of nitrogens with two attached hydrogens (primary N) is 1. The minimum absolute atomic E-state index is 0. The van der Waals surface area contributed by atoms with Crippen molar-refractivity contribution in [3.63, 3.8) is 0 Å². The Balaban J connectivity index is 0.00000324. The molecule has 1 rings (SSSR count). The number of carbonyl (C=O) groups is 1. The van der Waals surface area contributed by atoms with Gasteiger partial charge in [-0.2, -0.15) is 13.2 Å². The first-order valence-corrected chi connectivity index (χ1v) is 5.09. The molecule has 4 N–H and O–H groups in total. The zero-order valence-corrected chi connectivity index (χ0v) is 10.8. The van der Waals surface area contributed by atoms with E-state index in [4.69, 9.17) is 10.8 Å². The van der Waals surface area contributed by atoms with Gasteiger partial charge in [0.2, 0.25) is 5.91 Å². The van der Waals surface area contributed by atoms with Gasteiger partial charge in [-0.15, -0.1) is 12.4 Å². The van der Waals surface area contributed by atoms with E-state index < -0.39 is 18.3 Å². The first kappa shape index (κ1) is 17.7. The summed E-state index contributed by atoms with van der Waals surface area (Å²) in [6.45, 7) is 1.31. The van der Waals surface area contributed by atoms with Gasteiger partial charge in [0.05, 0.1) is 6.04 Å². The summed E-state index contributed by atoms with van der Waals surface area (Å²) >= 11 is 0. The molecule has 0 bridgehead atoms. The molecule has 0 unspecified atom stereocenters. The highest BCUT2D eigenvalue weighted by atomic mass is 35.5. The van der Waals surface area contributed by atoms with E-state index in [1.807, 2.05) is 0 Å². The summed E-state index contributed by atoms with van der Waals surface area (Å²) in [6, 6.07) is 3.92. The zero-order chi connectivity index (χ0) is 13.9. The van der Waals surface area contributed by atoms with E-state index in [1.54, 1.807) is 0 Å². The van der Waals surface area contributed by atoms with Crippen molar-refractivity contribution in [3.8, 4) is 0 Å². The third-order valence-corrected chi connectivity index (χ3v) is 2.29. The summed E-state index contributed by atoms with van der Waals surface area (Å²) in [5.74, 6) is -0.289. The second-order valence-corrected chi connectivity index (χ2v) is 3.82. The SMILES string of the molecule is CC(=O)Nc1ccc([C@H](N)[C@H](O)C(F)(F)F)cc1.Cl. The lowest BCUT2D eigenvalue weighted by Gasteiger charge is -2.21. The highest BCUT2D eigenvalue weighted by molar-refractivity contribution is 5.88. The number of benzene rings is 1. The predicted molar refractivity (Wildman–Crippen MR) is 67.0 cm³/mol. The number of amides is 1. The third-order valence-electron chi connectivity index (χ3n) is 2.29. The smallest absolute Gasteiger partial charge is 0.382 e. The topological polar surface area (TPSA) is 75.4 Å². The van der Waals surface area contributed by atoms with Gasteiger partial charge in [-0.1, -0.05) is 12.1 Å². The summed E-state index contributed by atoms with van der Waals surface area (Å²) in [7, 11) is 0. The summed E-state index contributed by atoms with van der Waals surface area (Å²) in [5.41, 5.74) is 5.90. The number of nitrogens with one attached hydrogen (secondary N) is 1. The molecule has 1 aromatic carbocycles. The fourth-order valence-corrected chi connectivity index (χ4v) is 1.38. The van der Waals surface area contributed by atoms with Gasteiger partial charge >= 0.3 is 6.18 Å². The summed E-state index contributed by atoms with van der Waals surface area (Å²) < 4.78 is 36.7. The van der Waals surface area contributed by atoms with E-state index in [1.165, 1.54) is 31.2 Å². The molecule has 0 radical (unpaired) electrons. The van der Waals surface area contributed by atoms with Crippen LogP contribution in [0.2, 0.25) is 0 Å². The molecule has 0 saturated heterocycles. The number of hydrogen-bond acceptors (Lipinski definition) is 3. The van der Waals surface area contributed by atoms with Crippen molar-refractivity contribution in [2.24, 2.45) is 5.73 Å². The highest BCUT2D eigenvalue weighted by Crippen LogP contribution is 2.29. The van der Waals surface area contributed by atoms with Crippen molar-refractivity contribution in [2.45, 2.75) is 25.2 Å². The van der Waals surface area contributed by atoms with Gasteiger partial charge in [0.25, 0.3) is 0 Å². The van der Waals surface area contributed by atoms with Gasteiger partial charge in [0.1, 0.15) is 0 Å². The van der Waals surface area contributed by atoms with Crippen LogP contribution in [0.25, 0.3) is 0 Å². The first-order chi connectivity index (χ1) is 8.21. The number of anilines is 1. The average Bonchev–Trinajstić information content (AvgIpc) is 2.26. The quantitative estimate of drug-likeness (QED) is 0.799. The van der Waals surface area contributed by atoms with E-state index in [9.17, 15) is 18.0 Å². The molecule has 1 aromatic rings. The number of hydrogen-bond donors (Lipinski definition) is 3. The predicted octanol–water partition coefficient (Wildman–Crippen LogP) is 1.99. The van der Waals surface area contributed by atoms with E-state index >= 15 is 0 Å². The molecule has 2 atom stereocenters. The van der Waals surface area contributed by atoms with Gasteiger partial charge in [-0.3, -0.25) is 4.79 Å². The van der Waals surface area contributed by atoms with Crippen LogP contribution in [0.1, 0.15) is 18.5 Å². The first-order valence-electron chi connectivity index (χ1n) is 5.09. The lowest BCUT2D eigenvalue weighted by molar-refractivity contribution is -0.210. The number of alkyl halides is 3. The van der Waals surface area contributed by atoms with Crippen LogP contribution in [0, 0.1) is 0 Å². The fraction of sp³-hybridized carbons (Fsp3) is 0.364. The van der Waals surface area contributed by atoms with Crippen LogP contribution >= 0.6 is 12.4 Å². The monoisotopic (exact) mass is 298 g/mol. The van der Waals surface area contributed by atoms with Crippen molar-refractivity contribution in [1.29, 1.82) is 0 Å². The van der Waals surface area contributed by atoms with Gasteiger partial charge < -0.3 is 16.2 Å². The van der Waals surface area contributed by atoms with Gasteiger partial charge in [-0.25, -0.2) is 0 Å². The van der Waals surface area contributed by atoms with Crippen molar-refractivity contribution in [1.82, 2.24) is 0 Å². The molecule has 0 aromatic heterocycles. The van der Waals surface area contributed by atoms with Crippen molar-refractivity contribution >= 4 is 24.0 Å². The number of aliphatic hydroxyl groups excluding tert-OH is 1. The molecule has 0 heterocycles. The maximum absolute atomic E-state index is 12.2. The van der Waals surface area contributed by atoms with Crippen LogP contribution in [-0.4, -0.2) is 23.3 Å². The van der Waals surface area contributed by atoms with Gasteiger partial charge in [0, 0.05) is 12.6 Å². The Morgan fingerprint density at radius 3 is 2.16 bits per heavy atom. The van der Waals surface area contributed by atoms with Crippen molar-refractivity contribution < 1.29 is 23.1 Å². The molecule has 0 fully saturated rings. The number of carbonyl (C=O) groups excluding carboxylic acids is 1. The maximum atomic E-state index is 12.2. The normalized spacial score (nSPS) is 14.2. The Morgan fingerprint density at radius 2 is 1.79 bits per heavy atom. The Labute approximate surface area is 114 Å². The van der Waals surface area contributed by atoms with Crippen LogP contribution in [-0.2, 0) is 4.79 Å². The van der Waals surface area contributed by atoms with Gasteiger partial charge in [0.15, 0.2) is 6.10 Å². The molecule has 0 aliphatic carbocycles. The molecule has 8 heteroatoms. The van der Waals surface area contributed by atoms with E-state index in [0.29, 0.717) is 5.69 Å². The average molecular weight is 299 g/mol. The molecule has 0 saturated carbocycles. The van der Waals surface area contributed by atoms with Gasteiger partial charge in [-0.05, 0) is 17.7 Å².